The van der Waals surface area contributed by atoms with Gasteiger partial charge in [-0.1, -0.05) is 30.3 Å². The van der Waals surface area contributed by atoms with Crippen molar-refractivity contribution in [3.05, 3.63) is 63.1 Å². The zero-order valence-corrected chi connectivity index (χ0v) is 12.2. The maximum atomic E-state index is 12.3. The molecule has 0 bridgehead atoms. The minimum Gasteiger partial charge on any atom is -0.317 e. The molecule has 0 amide bonds. The van der Waals surface area contributed by atoms with Crippen molar-refractivity contribution in [3.8, 4) is 0 Å². The molecule has 0 aliphatic carbocycles. The summed E-state index contributed by atoms with van der Waals surface area (Å²) in [5.74, 6) is -0.129. The Kier molecular flexibility index (Phi) is 3.25. The topological polar surface area (TPSA) is 78.9 Å². The largest absolute Gasteiger partial charge is 0.332 e. The van der Waals surface area contributed by atoms with Crippen LogP contribution in [0.3, 0.4) is 0 Å². The van der Waals surface area contributed by atoms with Gasteiger partial charge in [0.1, 0.15) is 0 Å². The van der Waals surface area contributed by atoms with Crippen molar-refractivity contribution in [1.29, 1.82) is 0 Å². The van der Waals surface area contributed by atoms with Crippen molar-refractivity contribution in [2.75, 3.05) is 0 Å². The van der Waals surface area contributed by atoms with Gasteiger partial charge in [0.15, 0.2) is 16.9 Å². The molecule has 2 heterocycles. The van der Waals surface area contributed by atoms with Gasteiger partial charge in [0.25, 0.3) is 5.56 Å². The number of nitrogens with zero attached hydrogens (tertiary/aromatic N) is 4. The molecule has 2 aromatic heterocycles. The van der Waals surface area contributed by atoms with E-state index in [1.165, 1.54) is 22.5 Å². The second-order valence-electron chi connectivity index (χ2n) is 5.04. The molecular formula is C15H14N4O3. The summed E-state index contributed by atoms with van der Waals surface area (Å²) in [6.45, 7) is -0.00599. The molecule has 0 aliphatic heterocycles. The number of carbonyl (C=O) groups excluding carboxylic acids is 1. The van der Waals surface area contributed by atoms with Crippen LogP contribution in [-0.4, -0.2) is 24.5 Å². The normalized spacial score (nSPS) is 11.0. The number of aryl methyl sites for hydroxylation is 1. The molecule has 7 heteroatoms. The Hall–Kier alpha value is -2.96. The van der Waals surface area contributed by atoms with E-state index in [0.29, 0.717) is 5.56 Å². The average Bonchev–Trinajstić information content (AvgIpc) is 2.95. The van der Waals surface area contributed by atoms with Crippen LogP contribution in [0.2, 0.25) is 0 Å². The van der Waals surface area contributed by atoms with Crippen molar-refractivity contribution in [2.24, 2.45) is 14.1 Å². The monoisotopic (exact) mass is 298 g/mol. The van der Waals surface area contributed by atoms with Crippen LogP contribution in [-0.2, 0) is 20.6 Å². The molecule has 7 nitrogen and oxygen atoms in total. The molecule has 0 saturated heterocycles. The number of carbonyl (C=O) groups is 1. The zero-order chi connectivity index (χ0) is 15.9. The average molecular weight is 298 g/mol. The van der Waals surface area contributed by atoms with Crippen molar-refractivity contribution in [2.45, 2.75) is 6.54 Å². The van der Waals surface area contributed by atoms with Gasteiger partial charge in [-0.2, -0.15) is 0 Å². The van der Waals surface area contributed by atoms with E-state index >= 15 is 0 Å². The fourth-order valence-corrected chi connectivity index (χ4v) is 2.39. The fourth-order valence-electron chi connectivity index (χ4n) is 2.39. The zero-order valence-electron chi connectivity index (χ0n) is 12.2. The van der Waals surface area contributed by atoms with Gasteiger partial charge in [0.2, 0.25) is 0 Å². The first kappa shape index (κ1) is 14.0. The van der Waals surface area contributed by atoms with Crippen LogP contribution < -0.4 is 11.2 Å². The Morgan fingerprint density at radius 1 is 1.09 bits per heavy atom. The van der Waals surface area contributed by atoms with E-state index in [9.17, 15) is 14.4 Å². The number of rotatable bonds is 3. The van der Waals surface area contributed by atoms with Crippen LogP contribution in [0.1, 0.15) is 10.4 Å². The highest BCUT2D eigenvalue weighted by atomic mass is 16.2. The standard InChI is InChI=1S/C15H14N4O3/c1-17-13-12(14(21)18(2)15(17)22)19(9-16-13)8-11(20)10-6-4-3-5-7-10/h3-7,9H,8H2,1-2H3. The molecule has 0 spiro atoms. The highest BCUT2D eigenvalue weighted by Gasteiger charge is 2.16. The van der Waals surface area contributed by atoms with Gasteiger partial charge < -0.3 is 4.57 Å². The molecular weight excluding hydrogens is 284 g/mol. The number of benzene rings is 1. The van der Waals surface area contributed by atoms with Gasteiger partial charge in [-0.15, -0.1) is 0 Å². The molecule has 22 heavy (non-hydrogen) atoms. The lowest BCUT2D eigenvalue weighted by Gasteiger charge is -2.06. The third-order valence-corrected chi connectivity index (χ3v) is 3.63. The summed E-state index contributed by atoms with van der Waals surface area (Å²) in [4.78, 5) is 40.5. The number of aromatic nitrogens is 4. The van der Waals surface area contributed by atoms with Crippen molar-refractivity contribution in [3.63, 3.8) is 0 Å². The Bertz CT molecular complexity index is 980. The van der Waals surface area contributed by atoms with E-state index in [4.69, 9.17) is 0 Å². The lowest BCUT2D eigenvalue weighted by Crippen LogP contribution is -2.37. The van der Waals surface area contributed by atoms with Gasteiger partial charge in [-0.05, 0) is 0 Å². The maximum Gasteiger partial charge on any atom is 0.332 e. The van der Waals surface area contributed by atoms with Gasteiger partial charge in [0.05, 0.1) is 12.9 Å². The quantitative estimate of drug-likeness (QED) is 0.652. The predicted octanol–water partition coefficient (Wildman–Crippen LogP) is 0.317. The first-order chi connectivity index (χ1) is 10.5. The van der Waals surface area contributed by atoms with Crippen LogP contribution in [0.25, 0.3) is 11.2 Å². The lowest BCUT2D eigenvalue weighted by atomic mass is 10.1. The van der Waals surface area contributed by atoms with Crippen LogP contribution in [0, 0.1) is 0 Å². The smallest absolute Gasteiger partial charge is 0.317 e. The number of hydrogen-bond acceptors (Lipinski definition) is 4. The number of hydrogen-bond donors (Lipinski definition) is 0. The first-order valence-corrected chi connectivity index (χ1v) is 6.70. The van der Waals surface area contributed by atoms with Crippen LogP contribution in [0.5, 0.6) is 0 Å². The van der Waals surface area contributed by atoms with Gasteiger partial charge in [-0.3, -0.25) is 18.7 Å². The number of imidazole rings is 1. The second-order valence-corrected chi connectivity index (χ2v) is 5.04. The Balaban J connectivity index is 2.12. The molecule has 0 radical (unpaired) electrons. The first-order valence-electron chi connectivity index (χ1n) is 6.70. The molecule has 3 rings (SSSR count). The van der Waals surface area contributed by atoms with Crippen LogP contribution in [0.4, 0.5) is 0 Å². The van der Waals surface area contributed by atoms with E-state index in [1.54, 1.807) is 31.3 Å². The molecule has 1 aromatic carbocycles. The summed E-state index contributed by atoms with van der Waals surface area (Å²) < 4.78 is 3.78. The third-order valence-electron chi connectivity index (χ3n) is 3.63. The highest BCUT2D eigenvalue weighted by Crippen LogP contribution is 2.08. The summed E-state index contributed by atoms with van der Waals surface area (Å²) in [5.41, 5.74) is 0.169. The van der Waals surface area contributed by atoms with Crippen LogP contribution >= 0.6 is 0 Å². The van der Waals surface area contributed by atoms with Gasteiger partial charge in [-0.25, -0.2) is 9.78 Å². The van der Waals surface area contributed by atoms with Gasteiger partial charge in [0, 0.05) is 19.7 Å². The van der Waals surface area contributed by atoms with Crippen LogP contribution in [0.15, 0.2) is 46.2 Å². The van der Waals surface area contributed by atoms with Crippen molar-refractivity contribution < 1.29 is 4.79 Å². The summed E-state index contributed by atoms with van der Waals surface area (Å²) in [7, 11) is 2.95. The maximum absolute atomic E-state index is 12.3. The SMILES string of the molecule is Cn1c(=O)c2c(ncn2CC(=O)c2ccccc2)n(C)c1=O. The van der Waals surface area contributed by atoms with E-state index in [-0.39, 0.29) is 23.5 Å². The van der Waals surface area contributed by atoms with E-state index in [2.05, 4.69) is 4.98 Å². The van der Waals surface area contributed by atoms with Crippen molar-refractivity contribution >= 4 is 16.9 Å². The second kappa shape index (κ2) is 5.10. The van der Waals surface area contributed by atoms with E-state index in [0.717, 1.165) is 4.57 Å². The summed E-state index contributed by atoms with van der Waals surface area (Å²) in [5, 5.41) is 0. The Morgan fingerprint density at radius 3 is 2.45 bits per heavy atom. The Labute approximate surface area is 125 Å². The van der Waals surface area contributed by atoms with E-state index in [1.807, 2.05) is 6.07 Å². The highest BCUT2D eigenvalue weighted by molar-refractivity contribution is 5.96. The number of ketones is 1. The lowest BCUT2D eigenvalue weighted by molar-refractivity contribution is 0.0973. The molecule has 0 fully saturated rings. The minimum atomic E-state index is -0.462. The Morgan fingerprint density at radius 2 is 1.77 bits per heavy atom. The minimum absolute atomic E-state index is 0.00599. The molecule has 0 N–H and O–H groups in total. The molecule has 112 valence electrons. The summed E-state index contributed by atoms with van der Waals surface area (Å²) in [6, 6.07) is 8.82. The number of Topliss-reactive ketones (excluding diaryl/α,β-unsaturated/α-hetero) is 1. The van der Waals surface area contributed by atoms with Crippen molar-refractivity contribution in [1.82, 2.24) is 18.7 Å². The predicted molar refractivity (Wildman–Crippen MR) is 81.0 cm³/mol. The molecule has 3 aromatic rings. The summed E-state index contributed by atoms with van der Waals surface area (Å²) in [6.07, 6.45) is 1.41. The van der Waals surface area contributed by atoms with Gasteiger partial charge >= 0.3 is 5.69 Å². The number of fused-ring (bicyclic) bond motifs is 1. The fraction of sp³-hybridized carbons (Fsp3) is 0.200. The molecule has 0 saturated carbocycles. The summed E-state index contributed by atoms with van der Waals surface area (Å²) >= 11 is 0. The molecule has 0 aliphatic rings. The molecule has 0 atom stereocenters. The van der Waals surface area contributed by atoms with E-state index < -0.39 is 11.2 Å². The third kappa shape index (κ3) is 2.07. The molecule has 0 unspecified atom stereocenters.